The summed E-state index contributed by atoms with van der Waals surface area (Å²) in [6.07, 6.45) is 6.76. The Labute approximate surface area is 96.3 Å². The molecule has 0 bridgehead atoms. The number of aliphatic carboxylic acids is 1. The molecule has 1 atom stereocenters. The number of rotatable bonds is 5. The summed E-state index contributed by atoms with van der Waals surface area (Å²) in [7, 11) is 0. The van der Waals surface area contributed by atoms with Gasteiger partial charge >= 0.3 is 5.97 Å². The van der Waals surface area contributed by atoms with Crippen LogP contribution in [0.15, 0.2) is 24.3 Å². The predicted molar refractivity (Wildman–Crippen MR) is 64.1 cm³/mol. The maximum Gasteiger partial charge on any atom is 0.306 e. The first kappa shape index (κ1) is 12.3. The van der Waals surface area contributed by atoms with Crippen LogP contribution in [0.2, 0.25) is 0 Å². The summed E-state index contributed by atoms with van der Waals surface area (Å²) in [6, 6.07) is 7.94. The summed E-state index contributed by atoms with van der Waals surface area (Å²) >= 11 is 0. The molecule has 1 aromatic carbocycles. The Morgan fingerprint density at radius 3 is 2.56 bits per heavy atom. The highest BCUT2D eigenvalue weighted by atomic mass is 16.4. The van der Waals surface area contributed by atoms with Crippen LogP contribution in [-0.2, 0) is 11.2 Å². The topological polar surface area (TPSA) is 37.3 Å². The first-order valence-electron chi connectivity index (χ1n) is 5.35. The Morgan fingerprint density at radius 2 is 2.06 bits per heavy atom. The van der Waals surface area contributed by atoms with E-state index in [9.17, 15) is 4.79 Å². The fourth-order valence-corrected chi connectivity index (χ4v) is 1.58. The number of carboxylic acid groups (broad SMARTS) is 1. The van der Waals surface area contributed by atoms with Crippen molar-refractivity contribution >= 4 is 5.97 Å². The number of aryl methyl sites for hydroxylation is 1. The van der Waals surface area contributed by atoms with Crippen molar-refractivity contribution in [2.45, 2.75) is 26.2 Å². The van der Waals surface area contributed by atoms with Crippen molar-refractivity contribution in [3.8, 4) is 12.3 Å². The summed E-state index contributed by atoms with van der Waals surface area (Å²) in [5.74, 6) is 1.34. The molecule has 0 fully saturated rings. The van der Waals surface area contributed by atoms with Crippen LogP contribution in [0.5, 0.6) is 0 Å². The Morgan fingerprint density at radius 1 is 1.44 bits per heavy atom. The highest BCUT2D eigenvalue weighted by Gasteiger charge is 2.16. The minimum absolute atomic E-state index is 0.376. The van der Waals surface area contributed by atoms with Gasteiger partial charge in [-0.3, -0.25) is 4.79 Å². The highest BCUT2D eigenvalue weighted by molar-refractivity contribution is 5.70. The second-order valence-electron chi connectivity index (χ2n) is 3.97. The number of benzene rings is 1. The first-order valence-corrected chi connectivity index (χ1v) is 5.35. The second-order valence-corrected chi connectivity index (χ2v) is 3.97. The Bertz CT molecular complexity index is 384. The van der Waals surface area contributed by atoms with Crippen molar-refractivity contribution < 1.29 is 9.90 Å². The molecule has 0 heterocycles. The summed E-state index contributed by atoms with van der Waals surface area (Å²) in [5, 5.41) is 9.05. The molecule has 1 aromatic rings. The SMILES string of the molecule is C#CCCC(Cc1ccc(C)cc1)C(=O)O. The number of terminal acetylenes is 1. The molecule has 0 aliphatic heterocycles. The van der Waals surface area contributed by atoms with Crippen LogP contribution in [-0.4, -0.2) is 11.1 Å². The van der Waals surface area contributed by atoms with Gasteiger partial charge in [0.1, 0.15) is 0 Å². The van der Waals surface area contributed by atoms with Gasteiger partial charge < -0.3 is 5.11 Å². The van der Waals surface area contributed by atoms with Crippen molar-refractivity contribution in [3.63, 3.8) is 0 Å². The zero-order chi connectivity index (χ0) is 12.0. The molecule has 16 heavy (non-hydrogen) atoms. The molecule has 0 saturated carbocycles. The van der Waals surface area contributed by atoms with Crippen molar-refractivity contribution in [1.82, 2.24) is 0 Å². The minimum atomic E-state index is -0.768. The fourth-order valence-electron chi connectivity index (χ4n) is 1.58. The average molecular weight is 216 g/mol. The second kappa shape index (κ2) is 5.97. The zero-order valence-electron chi connectivity index (χ0n) is 9.44. The predicted octanol–water partition coefficient (Wildman–Crippen LogP) is 2.65. The fraction of sp³-hybridized carbons (Fsp3) is 0.357. The highest BCUT2D eigenvalue weighted by Crippen LogP contribution is 2.15. The maximum absolute atomic E-state index is 11.0. The monoisotopic (exact) mass is 216 g/mol. The Kier molecular flexibility index (Phi) is 4.60. The van der Waals surface area contributed by atoms with Gasteiger partial charge in [0, 0.05) is 6.42 Å². The zero-order valence-corrected chi connectivity index (χ0v) is 9.44. The normalized spacial score (nSPS) is 11.8. The van der Waals surface area contributed by atoms with Crippen molar-refractivity contribution in [2.75, 3.05) is 0 Å². The molecule has 0 saturated heterocycles. The number of hydrogen-bond donors (Lipinski definition) is 1. The van der Waals surface area contributed by atoms with Crippen LogP contribution in [0, 0.1) is 25.2 Å². The van der Waals surface area contributed by atoms with E-state index in [0.29, 0.717) is 19.3 Å². The molecule has 0 amide bonds. The third-order valence-corrected chi connectivity index (χ3v) is 2.59. The molecular weight excluding hydrogens is 200 g/mol. The smallest absolute Gasteiger partial charge is 0.306 e. The molecule has 0 radical (unpaired) electrons. The number of carboxylic acids is 1. The van der Waals surface area contributed by atoms with E-state index in [2.05, 4.69) is 5.92 Å². The molecule has 84 valence electrons. The van der Waals surface area contributed by atoms with Gasteiger partial charge in [0.25, 0.3) is 0 Å². The minimum Gasteiger partial charge on any atom is -0.481 e. The van der Waals surface area contributed by atoms with Gasteiger partial charge in [-0.15, -0.1) is 12.3 Å². The van der Waals surface area contributed by atoms with Gasteiger partial charge in [-0.1, -0.05) is 29.8 Å². The summed E-state index contributed by atoms with van der Waals surface area (Å²) < 4.78 is 0. The van der Waals surface area contributed by atoms with Crippen LogP contribution in [0.1, 0.15) is 24.0 Å². The van der Waals surface area contributed by atoms with E-state index in [1.165, 1.54) is 5.56 Å². The lowest BCUT2D eigenvalue weighted by Gasteiger charge is -2.10. The molecule has 2 heteroatoms. The van der Waals surface area contributed by atoms with E-state index >= 15 is 0 Å². The molecule has 1 unspecified atom stereocenters. The number of carbonyl (C=O) groups is 1. The molecule has 1 rings (SSSR count). The van der Waals surface area contributed by atoms with Crippen LogP contribution < -0.4 is 0 Å². The van der Waals surface area contributed by atoms with Crippen LogP contribution in [0.25, 0.3) is 0 Å². The van der Waals surface area contributed by atoms with Crippen molar-refractivity contribution in [1.29, 1.82) is 0 Å². The van der Waals surface area contributed by atoms with E-state index in [1.54, 1.807) is 0 Å². The molecule has 0 aromatic heterocycles. The van der Waals surface area contributed by atoms with Gasteiger partial charge in [-0.25, -0.2) is 0 Å². The molecule has 0 aliphatic rings. The van der Waals surface area contributed by atoms with Crippen LogP contribution in [0.3, 0.4) is 0 Å². The third-order valence-electron chi connectivity index (χ3n) is 2.59. The standard InChI is InChI=1S/C14H16O2/c1-3-4-5-13(14(15)16)10-12-8-6-11(2)7-9-12/h1,6-9,13H,4-5,10H2,2H3,(H,15,16). The van der Waals surface area contributed by atoms with Crippen LogP contribution >= 0.6 is 0 Å². The van der Waals surface area contributed by atoms with E-state index in [0.717, 1.165) is 5.56 Å². The van der Waals surface area contributed by atoms with Crippen molar-refractivity contribution in [2.24, 2.45) is 5.92 Å². The average Bonchev–Trinajstić information content (AvgIpc) is 2.26. The van der Waals surface area contributed by atoms with Crippen molar-refractivity contribution in [3.05, 3.63) is 35.4 Å². The van der Waals surface area contributed by atoms with E-state index < -0.39 is 5.97 Å². The van der Waals surface area contributed by atoms with E-state index in [4.69, 9.17) is 11.5 Å². The van der Waals surface area contributed by atoms with Gasteiger partial charge in [0.15, 0.2) is 0 Å². The summed E-state index contributed by atoms with van der Waals surface area (Å²) in [5.41, 5.74) is 2.23. The summed E-state index contributed by atoms with van der Waals surface area (Å²) in [6.45, 7) is 2.01. The molecule has 2 nitrogen and oxygen atoms in total. The van der Waals surface area contributed by atoms with Gasteiger partial charge in [-0.2, -0.15) is 0 Å². The first-order chi connectivity index (χ1) is 7.63. The molecular formula is C14H16O2. The largest absolute Gasteiger partial charge is 0.481 e. The van der Waals surface area contributed by atoms with Crippen LogP contribution in [0.4, 0.5) is 0 Å². The Hall–Kier alpha value is -1.75. The third kappa shape index (κ3) is 3.78. The molecule has 1 N–H and O–H groups in total. The van der Waals surface area contributed by atoms with E-state index in [-0.39, 0.29) is 5.92 Å². The molecule has 0 spiro atoms. The number of hydrogen-bond acceptors (Lipinski definition) is 1. The van der Waals surface area contributed by atoms with Gasteiger partial charge in [0.05, 0.1) is 5.92 Å². The van der Waals surface area contributed by atoms with Gasteiger partial charge in [0.2, 0.25) is 0 Å². The van der Waals surface area contributed by atoms with E-state index in [1.807, 2.05) is 31.2 Å². The lowest BCUT2D eigenvalue weighted by molar-refractivity contribution is -0.141. The summed E-state index contributed by atoms with van der Waals surface area (Å²) in [4.78, 5) is 11.0. The maximum atomic E-state index is 11.0. The quantitative estimate of drug-likeness (QED) is 0.768. The molecule has 0 aliphatic carbocycles. The lowest BCUT2D eigenvalue weighted by Crippen LogP contribution is -2.16. The lowest BCUT2D eigenvalue weighted by atomic mass is 9.94. The van der Waals surface area contributed by atoms with Gasteiger partial charge in [-0.05, 0) is 25.3 Å². The Balaban J connectivity index is 2.64.